The Kier molecular flexibility index (Phi) is 3.10. The van der Waals surface area contributed by atoms with E-state index < -0.39 is 6.10 Å². The first kappa shape index (κ1) is 11.6. The minimum atomic E-state index is -0.506. The van der Waals surface area contributed by atoms with Crippen LogP contribution in [0.25, 0.3) is 0 Å². The third kappa shape index (κ3) is 2.29. The average molecular weight is 234 g/mol. The number of nitrogens with two attached hydrogens (primary N) is 1. The maximum Gasteiger partial charge on any atom is 0.265 e. The van der Waals surface area contributed by atoms with Crippen molar-refractivity contribution in [1.82, 2.24) is 0 Å². The molecule has 5 nitrogen and oxygen atoms in total. The van der Waals surface area contributed by atoms with E-state index in [4.69, 9.17) is 10.5 Å². The smallest absolute Gasteiger partial charge is 0.265 e. The third-order valence-electron chi connectivity index (χ3n) is 2.60. The Labute approximate surface area is 98.9 Å². The van der Waals surface area contributed by atoms with E-state index in [1.165, 1.54) is 0 Å². The van der Waals surface area contributed by atoms with Gasteiger partial charge in [-0.05, 0) is 31.7 Å². The Bertz CT molecular complexity index is 471. The van der Waals surface area contributed by atoms with Crippen molar-refractivity contribution in [3.63, 3.8) is 0 Å². The number of rotatable bonds is 3. The van der Waals surface area contributed by atoms with Crippen LogP contribution >= 0.6 is 0 Å². The Morgan fingerprint density at radius 3 is 3.00 bits per heavy atom. The number of hydrogen-bond donors (Lipinski definition) is 2. The highest BCUT2D eigenvalue weighted by molar-refractivity contribution is 6.01. The van der Waals surface area contributed by atoms with E-state index in [-0.39, 0.29) is 11.7 Å². The first-order chi connectivity index (χ1) is 8.11. The number of amides is 1. The fraction of sp³-hybridized carbons (Fsp3) is 0.333. The monoisotopic (exact) mass is 234 g/mol. The van der Waals surface area contributed by atoms with Gasteiger partial charge >= 0.3 is 0 Å². The lowest BCUT2D eigenvalue weighted by atomic mass is 10.1. The van der Waals surface area contributed by atoms with Gasteiger partial charge in [0, 0.05) is 12.0 Å². The molecule has 0 spiro atoms. The lowest BCUT2D eigenvalue weighted by molar-refractivity contribution is -0.122. The average Bonchev–Trinajstić information content (AvgIpc) is 2.30. The molecule has 1 unspecified atom stereocenters. The summed E-state index contributed by atoms with van der Waals surface area (Å²) in [6.45, 7) is 1.99. The van der Waals surface area contributed by atoms with Gasteiger partial charge in [0.25, 0.3) is 5.91 Å². The van der Waals surface area contributed by atoms with Gasteiger partial charge in [-0.15, -0.1) is 0 Å². The zero-order chi connectivity index (χ0) is 12.4. The molecule has 0 bridgehead atoms. The molecule has 1 atom stereocenters. The fourth-order valence-corrected chi connectivity index (χ4v) is 1.66. The van der Waals surface area contributed by atoms with E-state index in [1.807, 2.05) is 0 Å². The van der Waals surface area contributed by atoms with Crippen LogP contribution in [0.3, 0.4) is 0 Å². The minimum absolute atomic E-state index is 0.0387. The summed E-state index contributed by atoms with van der Waals surface area (Å²) in [7, 11) is 0. The van der Waals surface area contributed by atoms with Crippen LogP contribution < -0.4 is 15.8 Å². The van der Waals surface area contributed by atoms with Crippen LogP contribution in [-0.2, 0) is 4.79 Å². The summed E-state index contributed by atoms with van der Waals surface area (Å²) in [5, 5.41) is 2.70. The normalized spacial score (nSPS) is 18.0. The predicted molar refractivity (Wildman–Crippen MR) is 63.2 cm³/mol. The second kappa shape index (κ2) is 4.55. The standard InChI is InChI=1S/C12H14N2O3/c1-7-12(16)14-9-6-8(10(15)4-5-13)2-3-11(9)17-7/h2-3,6-7H,4-5,13H2,1H3,(H,14,16). The maximum atomic E-state index is 11.6. The molecule has 90 valence electrons. The molecule has 0 saturated heterocycles. The zero-order valence-electron chi connectivity index (χ0n) is 9.53. The summed E-state index contributed by atoms with van der Waals surface area (Å²) in [6, 6.07) is 4.99. The van der Waals surface area contributed by atoms with E-state index in [9.17, 15) is 9.59 Å². The second-order valence-corrected chi connectivity index (χ2v) is 3.92. The van der Waals surface area contributed by atoms with Gasteiger partial charge in [0.1, 0.15) is 5.75 Å². The zero-order valence-corrected chi connectivity index (χ0v) is 9.53. The van der Waals surface area contributed by atoms with E-state index in [1.54, 1.807) is 25.1 Å². The van der Waals surface area contributed by atoms with Crippen molar-refractivity contribution in [2.24, 2.45) is 5.73 Å². The Morgan fingerprint density at radius 2 is 2.29 bits per heavy atom. The van der Waals surface area contributed by atoms with Crippen molar-refractivity contribution in [2.45, 2.75) is 19.4 Å². The first-order valence-electron chi connectivity index (χ1n) is 5.46. The molecule has 1 aromatic carbocycles. The lowest BCUT2D eigenvalue weighted by Gasteiger charge is -2.23. The summed E-state index contributed by atoms with van der Waals surface area (Å²) < 4.78 is 5.39. The van der Waals surface area contributed by atoms with E-state index in [2.05, 4.69) is 5.32 Å². The number of ketones is 1. The van der Waals surface area contributed by atoms with Crippen molar-refractivity contribution in [3.05, 3.63) is 23.8 Å². The molecule has 1 heterocycles. The topological polar surface area (TPSA) is 81.4 Å². The van der Waals surface area contributed by atoms with E-state index in [0.29, 0.717) is 30.0 Å². The highest BCUT2D eigenvalue weighted by atomic mass is 16.5. The number of fused-ring (bicyclic) bond motifs is 1. The molecule has 17 heavy (non-hydrogen) atoms. The molecule has 1 aliphatic heterocycles. The van der Waals surface area contributed by atoms with Crippen molar-refractivity contribution in [1.29, 1.82) is 0 Å². The van der Waals surface area contributed by atoms with Crippen LogP contribution in [0, 0.1) is 0 Å². The summed E-state index contributed by atoms with van der Waals surface area (Å²) in [6.07, 6.45) is -0.211. The van der Waals surface area contributed by atoms with Crippen LogP contribution in [0.4, 0.5) is 5.69 Å². The molecular formula is C12H14N2O3. The molecule has 1 aromatic rings. The van der Waals surface area contributed by atoms with Crippen molar-refractivity contribution in [2.75, 3.05) is 11.9 Å². The Morgan fingerprint density at radius 1 is 1.53 bits per heavy atom. The van der Waals surface area contributed by atoms with Gasteiger partial charge in [0.2, 0.25) is 0 Å². The van der Waals surface area contributed by atoms with E-state index in [0.717, 1.165) is 0 Å². The molecule has 1 aliphatic rings. The molecule has 1 amide bonds. The number of benzene rings is 1. The highest BCUT2D eigenvalue weighted by Crippen LogP contribution is 2.30. The molecule has 0 fully saturated rings. The predicted octanol–water partition coefficient (Wildman–Crippen LogP) is 0.938. The molecule has 2 rings (SSSR count). The molecule has 0 radical (unpaired) electrons. The number of carbonyl (C=O) groups excluding carboxylic acids is 2. The number of ether oxygens (including phenoxy) is 1. The van der Waals surface area contributed by atoms with Crippen LogP contribution in [0.5, 0.6) is 5.75 Å². The van der Waals surface area contributed by atoms with Crippen LogP contribution in [0.15, 0.2) is 18.2 Å². The number of hydrogen-bond acceptors (Lipinski definition) is 4. The van der Waals surface area contributed by atoms with Crippen LogP contribution in [-0.4, -0.2) is 24.3 Å². The van der Waals surface area contributed by atoms with Gasteiger partial charge < -0.3 is 15.8 Å². The third-order valence-corrected chi connectivity index (χ3v) is 2.60. The van der Waals surface area contributed by atoms with Crippen molar-refractivity contribution in [3.8, 4) is 5.75 Å². The Hall–Kier alpha value is -1.88. The van der Waals surface area contributed by atoms with Gasteiger partial charge in [-0.25, -0.2) is 0 Å². The number of Topliss-reactive ketones (excluding diaryl/α,β-unsaturated/α-hetero) is 1. The van der Waals surface area contributed by atoms with Crippen molar-refractivity contribution >= 4 is 17.4 Å². The van der Waals surface area contributed by atoms with Crippen molar-refractivity contribution < 1.29 is 14.3 Å². The van der Waals surface area contributed by atoms with Crippen LogP contribution in [0.1, 0.15) is 23.7 Å². The number of nitrogens with one attached hydrogen (secondary N) is 1. The van der Waals surface area contributed by atoms with Gasteiger partial charge in [-0.2, -0.15) is 0 Å². The van der Waals surface area contributed by atoms with Gasteiger partial charge in [0.05, 0.1) is 5.69 Å². The molecule has 3 N–H and O–H groups in total. The Balaban J connectivity index is 2.28. The lowest BCUT2D eigenvalue weighted by Crippen LogP contribution is -2.34. The minimum Gasteiger partial charge on any atom is -0.479 e. The highest BCUT2D eigenvalue weighted by Gasteiger charge is 2.24. The van der Waals surface area contributed by atoms with Gasteiger partial charge in [0.15, 0.2) is 11.9 Å². The fourth-order valence-electron chi connectivity index (χ4n) is 1.66. The number of carbonyl (C=O) groups is 2. The van der Waals surface area contributed by atoms with Gasteiger partial charge in [-0.1, -0.05) is 0 Å². The summed E-state index contributed by atoms with van der Waals surface area (Å²) in [5.41, 5.74) is 6.40. The number of anilines is 1. The van der Waals surface area contributed by atoms with Gasteiger partial charge in [-0.3, -0.25) is 9.59 Å². The quantitative estimate of drug-likeness (QED) is 0.762. The maximum absolute atomic E-state index is 11.6. The summed E-state index contributed by atoms with van der Waals surface area (Å²) in [4.78, 5) is 23.1. The largest absolute Gasteiger partial charge is 0.479 e. The first-order valence-corrected chi connectivity index (χ1v) is 5.46. The molecule has 0 saturated carbocycles. The summed E-state index contributed by atoms with van der Waals surface area (Å²) >= 11 is 0. The molecular weight excluding hydrogens is 220 g/mol. The summed E-state index contributed by atoms with van der Waals surface area (Å²) in [5.74, 6) is 0.338. The molecule has 5 heteroatoms. The SMILES string of the molecule is CC1Oc2ccc(C(=O)CCN)cc2NC1=O. The van der Waals surface area contributed by atoms with Crippen LogP contribution in [0.2, 0.25) is 0 Å². The molecule has 0 aromatic heterocycles. The molecule has 0 aliphatic carbocycles. The second-order valence-electron chi connectivity index (χ2n) is 3.92. The van der Waals surface area contributed by atoms with E-state index >= 15 is 0 Å².